The topological polar surface area (TPSA) is 109 Å². The number of fused-ring (bicyclic) bond motifs is 1. The summed E-state index contributed by atoms with van der Waals surface area (Å²) >= 11 is 6.57. The average molecular weight is 398 g/mol. The number of carboxylic acids is 1. The van der Waals surface area contributed by atoms with Gasteiger partial charge in [-0.25, -0.2) is 9.18 Å². The van der Waals surface area contributed by atoms with E-state index in [2.05, 4.69) is 0 Å². The predicted octanol–water partition coefficient (Wildman–Crippen LogP) is 2.34. The van der Waals surface area contributed by atoms with Crippen LogP contribution < -0.4 is 16.1 Å². The highest BCUT2D eigenvalue weighted by Crippen LogP contribution is 2.43. The number of benzene rings is 1. The van der Waals surface area contributed by atoms with Crippen LogP contribution in [0.1, 0.15) is 30.1 Å². The maximum Gasteiger partial charge on any atom is 0.341 e. The lowest BCUT2D eigenvalue weighted by Crippen LogP contribution is -2.42. The molecule has 1 aromatic carbocycles. The molecule has 2 heterocycles. The molecule has 2 atom stereocenters. The minimum atomic E-state index is -1.43. The van der Waals surface area contributed by atoms with E-state index in [0.29, 0.717) is 12.2 Å². The van der Waals surface area contributed by atoms with Gasteiger partial charge in [-0.05, 0) is 25.8 Å². The molecule has 0 saturated carbocycles. The van der Waals surface area contributed by atoms with Crippen molar-refractivity contribution >= 4 is 34.2 Å². The number of aromatic carboxylic acids is 1. The molecule has 1 aromatic heterocycles. The van der Waals surface area contributed by atoms with E-state index in [1.165, 1.54) is 10.6 Å². The predicted molar refractivity (Wildman–Crippen MR) is 102 cm³/mol. The zero-order valence-corrected chi connectivity index (χ0v) is 15.5. The van der Waals surface area contributed by atoms with Gasteiger partial charge in [0.15, 0.2) is 0 Å². The van der Waals surface area contributed by atoms with Gasteiger partial charge in [0.1, 0.15) is 23.7 Å². The summed E-state index contributed by atoms with van der Waals surface area (Å²) < 4.78 is 14.4. The van der Waals surface area contributed by atoms with Gasteiger partial charge in [0.2, 0.25) is 5.43 Å². The molecule has 0 spiro atoms. The number of aryl methyl sites for hydroxylation is 1. The second-order valence-corrected chi connectivity index (χ2v) is 7.15. The maximum atomic E-state index is 13.1. The van der Waals surface area contributed by atoms with Crippen molar-refractivity contribution in [2.75, 3.05) is 18.1 Å². The second-order valence-electron chi connectivity index (χ2n) is 6.78. The average Bonchev–Trinajstić information content (AvgIpc) is 3.06. The van der Waals surface area contributed by atoms with E-state index in [1.54, 1.807) is 0 Å². The molecule has 1 unspecified atom stereocenters. The van der Waals surface area contributed by atoms with Crippen LogP contribution in [0.4, 0.5) is 10.1 Å². The third kappa shape index (κ3) is 3.23. The highest BCUT2D eigenvalue weighted by atomic mass is 35.5. The first kappa shape index (κ1) is 19.4. The third-order valence-corrected chi connectivity index (χ3v) is 5.36. The Balaban J connectivity index is 2.33. The van der Waals surface area contributed by atoms with Gasteiger partial charge in [-0.3, -0.25) is 4.79 Å². The van der Waals surface area contributed by atoms with E-state index >= 15 is 0 Å². The number of halogens is 2. The van der Waals surface area contributed by atoms with Crippen molar-refractivity contribution in [1.29, 1.82) is 0 Å². The van der Waals surface area contributed by atoms with Gasteiger partial charge in [0, 0.05) is 24.8 Å². The van der Waals surface area contributed by atoms with Gasteiger partial charge < -0.3 is 25.4 Å². The minimum Gasteiger partial charge on any atom is -0.506 e. The largest absolute Gasteiger partial charge is 0.506 e. The number of phenols is 1. The van der Waals surface area contributed by atoms with E-state index in [9.17, 15) is 24.2 Å². The van der Waals surface area contributed by atoms with Crippen LogP contribution in [-0.2, 0) is 6.54 Å². The summed E-state index contributed by atoms with van der Waals surface area (Å²) in [5.74, 6) is -1.66. The Morgan fingerprint density at radius 1 is 1.52 bits per heavy atom. The lowest BCUT2D eigenvalue weighted by molar-refractivity contribution is 0.0694. The van der Waals surface area contributed by atoms with Gasteiger partial charge in [-0.15, -0.1) is 0 Å². The Hall–Kier alpha value is -2.32. The lowest BCUT2D eigenvalue weighted by atomic mass is 10.1. The van der Waals surface area contributed by atoms with Crippen molar-refractivity contribution in [3.05, 3.63) is 33.1 Å². The Morgan fingerprint density at radius 3 is 2.81 bits per heavy atom. The SMILES string of the molecule is C[C@H](N)C1CCCN1c1c(O)cc2c(=O)c(C(=O)O)cn(CCF)c2c1Cl. The fourth-order valence-electron chi connectivity index (χ4n) is 3.80. The number of anilines is 1. The molecule has 146 valence electrons. The lowest BCUT2D eigenvalue weighted by Gasteiger charge is -2.31. The minimum absolute atomic E-state index is 0.0366. The number of rotatable bonds is 5. The first-order chi connectivity index (χ1) is 12.8. The van der Waals surface area contributed by atoms with Gasteiger partial charge >= 0.3 is 5.97 Å². The summed E-state index contributed by atoms with van der Waals surface area (Å²) in [6.45, 7) is 1.56. The van der Waals surface area contributed by atoms with E-state index < -0.39 is 23.6 Å². The van der Waals surface area contributed by atoms with E-state index in [4.69, 9.17) is 17.3 Å². The van der Waals surface area contributed by atoms with Crippen molar-refractivity contribution in [2.24, 2.45) is 5.73 Å². The van der Waals surface area contributed by atoms with Crippen molar-refractivity contribution in [3.8, 4) is 5.75 Å². The van der Waals surface area contributed by atoms with Gasteiger partial charge in [0.05, 0.1) is 22.5 Å². The van der Waals surface area contributed by atoms with Crippen LogP contribution in [0, 0.1) is 0 Å². The molecule has 1 saturated heterocycles. The van der Waals surface area contributed by atoms with Crippen molar-refractivity contribution in [1.82, 2.24) is 4.57 Å². The molecular formula is C18H21ClFN3O4. The van der Waals surface area contributed by atoms with E-state index in [1.807, 2.05) is 11.8 Å². The van der Waals surface area contributed by atoms with Gasteiger partial charge in [-0.1, -0.05) is 11.6 Å². The standard InChI is InChI=1S/C18H21ClFN3O4/c1-9(21)12-3-2-5-23(12)16-13(24)7-10-15(14(16)19)22(6-4-20)8-11(17(10)25)18(26)27/h7-9,12,24H,2-6,21H2,1H3,(H,26,27)/t9-,12?/m0/s1. The number of nitrogens with two attached hydrogens (primary N) is 1. The smallest absolute Gasteiger partial charge is 0.341 e. The van der Waals surface area contributed by atoms with Crippen LogP contribution in [0.3, 0.4) is 0 Å². The van der Waals surface area contributed by atoms with Crippen LogP contribution >= 0.6 is 11.6 Å². The van der Waals surface area contributed by atoms with Crippen LogP contribution in [0.25, 0.3) is 10.9 Å². The monoisotopic (exact) mass is 397 g/mol. The molecule has 27 heavy (non-hydrogen) atoms. The molecule has 1 aliphatic heterocycles. The molecule has 2 aromatic rings. The summed E-state index contributed by atoms with van der Waals surface area (Å²) in [6.07, 6.45) is 2.79. The quantitative estimate of drug-likeness (QED) is 0.714. The fraction of sp³-hybridized carbons (Fsp3) is 0.444. The van der Waals surface area contributed by atoms with Gasteiger partial charge in [0.25, 0.3) is 0 Å². The number of carboxylic acid groups (broad SMARTS) is 1. The molecule has 1 aliphatic rings. The highest BCUT2D eigenvalue weighted by molar-refractivity contribution is 6.38. The zero-order valence-electron chi connectivity index (χ0n) is 14.8. The van der Waals surface area contributed by atoms with E-state index in [0.717, 1.165) is 19.0 Å². The van der Waals surface area contributed by atoms with Gasteiger partial charge in [-0.2, -0.15) is 0 Å². The summed E-state index contributed by atoms with van der Waals surface area (Å²) in [7, 11) is 0. The molecule has 4 N–H and O–H groups in total. The van der Waals surface area contributed by atoms with Crippen LogP contribution in [-0.4, -0.2) is 46.1 Å². The molecule has 0 aliphatic carbocycles. The molecule has 1 fully saturated rings. The molecule has 0 radical (unpaired) electrons. The third-order valence-electron chi connectivity index (χ3n) is 5.01. The first-order valence-electron chi connectivity index (χ1n) is 8.68. The van der Waals surface area contributed by atoms with E-state index in [-0.39, 0.29) is 40.3 Å². The number of aromatic nitrogens is 1. The normalized spacial score (nSPS) is 18.2. The molecule has 9 heteroatoms. The maximum absolute atomic E-state index is 13.1. The Morgan fingerprint density at radius 2 is 2.22 bits per heavy atom. The second kappa shape index (κ2) is 7.36. The number of hydrogen-bond donors (Lipinski definition) is 3. The number of pyridine rings is 1. The molecule has 0 bridgehead atoms. The molecule has 7 nitrogen and oxygen atoms in total. The first-order valence-corrected chi connectivity index (χ1v) is 9.05. The Labute approximate surface area is 159 Å². The molecular weight excluding hydrogens is 377 g/mol. The Bertz CT molecular complexity index is 960. The Kier molecular flexibility index (Phi) is 5.30. The fourth-order valence-corrected chi connectivity index (χ4v) is 4.22. The van der Waals surface area contributed by atoms with Crippen LogP contribution in [0.5, 0.6) is 5.75 Å². The summed E-state index contributed by atoms with van der Waals surface area (Å²) in [4.78, 5) is 25.8. The molecule has 3 rings (SSSR count). The summed E-state index contributed by atoms with van der Waals surface area (Å²) in [5, 5.41) is 19.9. The number of hydrogen-bond acceptors (Lipinski definition) is 5. The number of carbonyl (C=O) groups is 1. The highest BCUT2D eigenvalue weighted by Gasteiger charge is 2.32. The van der Waals surface area contributed by atoms with Crippen molar-refractivity contribution in [2.45, 2.75) is 38.4 Å². The van der Waals surface area contributed by atoms with Crippen molar-refractivity contribution in [3.63, 3.8) is 0 Å². The number of alkyl halides is 1. The van der Waals surface area contributed by atoms with Crippen molar-refractivity contribution < 1.29 is 19.4 Å². The van der Waals surface area contributed by atoms with Crippen LogP contribution in [0.15, 0.2) is 17.1 Å². The zero-order chi connectivity index (χ0) is 19.9. The number of phenolic OH excluding ortho intramolecular Hbond substituents is 1. The summed E-state index contributed by atoms with van der Waals surface area (Å²) in [5.41, 5.74) is 5.31. The summed E-state index contributed by atoms with van der Waals surface area (Å²) in [6, 6.07) is 1.00. The number of nitrogens with zero attached hydrogens (tertiary/aromatic N) is 2. The number of aromatic hydroxyl groups is 1. The van der Waals surface area contributed by atoms with Crippen LogP contribution in [0.2, 0.25) is 5.02 Å². The molecule has 0 amide bonds.